The van der Waals surface area contributed by atoms with Crippen molar-refractivity contribution < 1.29 is 14.5 Å². The number of nitrogens with zero attached hydrogens (tertiary/aromatic N) is 2. The third kappa shape index (κ3) is 3.79. The van der Waals surface area contributed by atoms with Crippen LogP contribution in [0.3, 0.4) is 0 Å². The lowest BCUT2D eigenvalue weighted by atomic mass is 10.1. The number of fused-ring (bicyclic) bond motifs is 1. The van der Waals surface area contributed by atoms with Gasteiger partial charge in [-0.25, -0.2) is 0 Å². The van der Waals surface area contributed by atoms with Gasteiger partial charge in [0.25, 0.3) is 17.2 Å². The summed E-state index contributed by atoms with van der Waals surface area (Å²) in [6.07, 6.45) is 0. The third-order valence-corrected chi connectivity index (χ3v) is 4.21. The van der Waals surface area contributed by atoms with Crippen LogP contribution in [0, 0.1) is 10.1 Å². The van der Waals surface area contributed by atoms with E-state index in [-0.39, 0.29) is 23.7 Å². The van der Waals surface area contributed by atoms with Crippen molar-refractivity contribution in [2.24, 2.45) is 0 Å². The highest BCUT2D eigenvalue weighted by molar-refractivity contribution is 5.94. The average molecular weight is 367 g/mol. The summed E-state index contributed by atoms with van der Waals surface area (Å²) in [7, 11) is 3.13. The van der Waals surface area contributed by atoms with E-state index in [0.717, 1.165) is 5.39 Å². The van der Waals surface area contributed by atoms with Gasteiger partial charge >= 0.3 is 0 Å². The number of nitro groups is 1. The summed E-state index contributed by atoms with van der Waals surface area (Å²) in [5.74, 6) is 0.325. The van der Waals surface area contributed by atoms with Gasteiger partial charge in [0.15, 0.2) is 0 Å². The van der Waals surface area contributed by atoms with Crippen LogP contribution in [0.5, 0.6) is 5.75 Å². The fourth-order valence-corrected chi connectivity index (χ4v) is 2.75. The van der Waals surface area contributed by atoms with E-state index < -0.39 is 4.92 Å². The number of rotatable bonds is 5. The van der Waals surface area contributed by atoms with Crippen LogP contribution in [-0.4, -0.2) is 34.9 Å². The molecule has 1 N–H and O–H groups in total. The number of aromatic nitrogens is 1. The molecule has 138 valence electrons. The summed E-state index contributed by atoms with van der Waals surface area (Å²) < 4.78 is 5.19. The number of hydrogen-bond donors (Lipinski definition) is 1. The maximum atomic E-state index is 12.5. The molecule has 0 atom stereocenters. The van der Waals surface area contributed by atoms with Gasteiger partial charge in [-0.05, 0) is 36.4 Å². The first-order chi connectivity index (χ1) is 12.9. The number of H-pyrrole nitrogens is 1. The second-order valence-corrected chi connectivity index (χ2v) is 6.04. The number of ether oxygens (including phenoxy) is 1. The van der Waals surface area contributed by atoms with Gasteiger partial charge < -0.3 is 14.6 Å². The molecular weight excluding hydrogens is 350 g/mol. The molecule has 0 saturated carbocycles. The van der Waals surface area contributed by atoms with Crippen molar-refractivity contribution >= 4 is 22.5 Å². The number of methoxy groups -OCH3 is 1. The topological polar surface area (TPSA) is 106 Å². The third-order valence-electron chi connectivity index (χ3n) is 4.21. The van der Waals surface area contributed by atoms with Gasteiger partial charge in [0.05, 0.1) is 18.6 Å². The largest absolute Gasteiger partial charge is 0.497 e. The Morgan fingerprint density at radius 2 is 1.89 bits per heavy atom. The molecule has 1 amide bonds. The van der Waals surface area contributed by atoms with Crippen molar-refractivity contribution in [3.05, 3.63) is 80.1 Å². The highest BCUT2D eigenvalue weighted by Gasteiger charge is 2.15. The van der Waals surface area contributed by atoms with Crippen molar-refractivity contribution in [3.63, 3.8) is 0 Å². The van der Waals surface area contributed by atoms with Crippen molar-refractivity contribution in [2.75, 3.05) is 14.2 Å². The molecule has 8 nitrogen and oxygen atoms in total. The minimum Gasteiger partial charge on any atom is -0.497 e. The Morgan fingerprint density at radius 3 is 2.52 bits per heavy atom. The normalized spacial score (nSPS) is 10.6. The van der Waals surface area contributed by atoms with E-state index >= 15 is 0 Å². The second-order valence-electron chi connectivity index (χ2n) is 6.04. The van der Waals surface area contributed by atoms with E-state index in [2.05, 4.69) is 4.98 Å². The van der Waals surface area contributed by atoms with E-state index in [1.54, 1.807) is 38.4 Å². The Balaban J connectivity index is 1.85. The van der Waals surface area contributed by atoms with Crippen LogP contribution in [-0.2, 0) is 6.54 Å². The molecule has 0 saturated heterocycles. The molecule has 0 aliphatic rings. The SMILES string of the molecule is COc1ccc2[nH]c(=O)c(CN(C)C(=O)c3ccc([N+](=O)[O-])cc3)cc2c1. The second kappa shape index (κ2) is 7.28. The molecule has 8 heteroatoms. The predicted molar refractivity (Wildman–Crippen MR) is 100 cm³/mol. The standard InChI is InChI=1S/C19H17N3O5/c1-21(19(24)12-3-5-15(6-4-12)22(25)26)11-14-9-13-10-16(27-2)7-8-17(13)20-18(14)23/h3-10H,11H2,1-2H3,(H,20,23). The first-order valence-corrected chi connectivity index (χ1v) is 8.09. The van der Waals surface area contributed by atoms with Gasteiger partial charge in [-0.2, -0.15) is 0 Å². The fourth-order valence-electron chi connectivity index (χ4n) is 2.75. The van der Waals surface area contributed by atoms with Crippen LogP contribution in [0.15, 0.2) is 53.3 Å². The minimum absolute atomic E-state index is 0.0888. The van der Waals surface area contributed by atoms with Gasteiger partial charge in [0.1, 0.15) is 5.75 Å². The zero-order chi connectivity index (χ0) is 19.6. The summed E-state index contributed by atoms with van der Waals surface area (Å²) in [6.45, 7) is 0.0955. The summed E-state index contributed by atoms with van der Waals surface area (Å²) in [5.41, 5.74) is 1.04. The molecule has 0 spiro atoms. The minimum atomic E-state index is -0.527. The van der Waals surface area contributed by atoms with E-state index in [1.165, 1.54) is 29.2 Å². The number of nitrogens with one attached hydrogen (secondary N) is 1. The average Bonchev–Trinajstić information content (AvgIpc) is 2.67. The zero-order valence-electron chi connectivity index (χ0n) is 14.8. The molecule has 0 radical (unpaired) electrons. The molecule has 0 bridgehead atoms. The molecule has 3 aromatic rings. The lowest BCUT2D eigenvalue weighted by molar-refractivity contribution is -0.384. The number of amides is 1. The molecule has 2 aromatic carbocycles. The van der Waals surface area contributed by atoms with Gasteiger partial charge in [-0.15, -0.1) is 0 Å². The monoisotopic (exact) mass is 367 g/mol. The van der Waals surface area contributed by atoms with Crippen molar-refractivity contribution in [1.82, 2.24) is 9.88 Å². The highest BCUT2D eigenvalue weighted by Crippen LogP contribution is 2.19. The zero-order valence-corrected chi connectivity index (χ0v) is 14.8. The lowest BCUT2D eigenvalue weighted by Gasteiger charge is -2.17. The number of benzene rings is 2. The number of carbonyl (C=O) groups excluding carboxylic acids is 1. The first kappa shape index (κ1) is 18.1. The van der Waals surface area contributed by atoms with Crippen LogP contribution in [0.4, 0.5) is 5.69 Å². The number of nitro benzene ring substituents is 1. The number of non-ortho nitro benzene ring substituents is 1. The van der Waals surface area contributed by atoms with E-state index in [1.807, 2.05) is 0 Å². The molecule has 0 fully saturated rings. The Kier molecular flexibility index (Phi) is 4.89. The summed E-state index contributed by atoms with van der Waals surface area (Å²) >= 11 is 0. The fraction of sp³-hybridized carbons (Fsp3) is 0.158. The maximum absolute atomic E-state index is 12.5. The quantitative estimate of drug-likeness (QED) is 0.551. The van der Waals surface area contributed by atoms with Crippen LogP contribution in [0.25, 0.3) is 10.9 Å². The number of aromatic amines is 1. The summed E-state index contributed by atoms with van der Waals surface area (Å²) in [5, 5.41) is 11.5. The summed E-state index contributed by atoms with van der Waals surface area (Å²) in [4.78, 5) is 39.2. The molecule has 1 heterocycles. The number of carbonyl (C=O) groups is 1. The van der Waals surface area contributed by atoms with Gasteiger partial charge in [0, 0.05) is 41.2 Å². The molecule has 0 aliphatic heterocycles. The smallest absolute Gasteiger partial charge is 0.269 e. The van der Waals surface area contributed by atoms with E-state index in [9.17, 15) is 19.7 Å². The molecule has 1 aromatic heterocycles. The van der Waals surface area contributed by atoms with Crippen molar-refractivity contribution in [1.29, 1.82) is 0 Å². The maximum Gasteiger partial charge on any atom is 0.269 e. The van der Waals surface area contributed by atoms with Crippen LogP contribution >= 0.6 is 0 Å². The Morgan fingerprint density at radius 1 is 1.19 bits per heavy atom. The van der Waals surface area contributed by atoms with Gasteiger partial charge in [-0.3, -0.25) is 19.7 Å². The highest BCUT2D eigenvalue weighted by atomic mass is 16.6. The van der Waals surface area contributed by atoms with Crippen molar-refractivity contribution in [3.8, 4) is 5.75 Å². The van der Waals surface area contributed by atoms with E-state index in [0.29, 0.717) is 22.4 Å². The first-order valence-electron chi connectivity index (χ1n) is 8.09. The van der Waals surface area contributed by atoms with Crippen LogP contribution in [0.1, 0.15) is 15.9 Å². The summed E-state index contributed by atoms with van der Waals surface area (Å²) in [6, 6.07) is 12.4. The lowest BCUT2D eigenvalue weighted by Crippen LogP contribution is -2.29. The molecule has 0 aliphatic carbocycles. The molecule has 0 unspecified atom stereocenters. The molecule has 3 rings (SSSR count). The van der Waals surface area contributed by atoms with E-state index in [4.69, 9.17) is 4.74 Å². The van der Waals surface area contributed by atoms with Crippen LogP contribution in [0.2, 0.25) is 0 Å². The van der Waals surface area contributed by atoms with Gasteiger partial charge in [-0.1, -0.05) is 0 Å². The Labute approximate surface area is 154 Å². The van der Waals surface area contributed by atoms with Crippen LogP contribution < -0.4 is 10.3 Å². The number of hydrogen-bond acceptors (Lipinski definition) is 5. The van der Waals surface area contributed by atoms with Crippen molar-refractivity contribution in [2.45, 2.75) is 6.54 Å². The Hall–Kier alpha value is -3.68. The number of pyridine rings is 1. The molecular formula is C19H17N3O5. The van der Waals surface area contributed by atoms with Gasteiger partial charge in [0.2, 0.25) is 0 Å². The Bertz CT molecular complexity index is 1070. The predicted octanol–water partition coefficient (Wildman–Crippen LogP) is 2.72. The molecule has 27 heavy (non-hydrogen) atoms.